The van der Waals surface area contributed by atoms with E-state index in [1.807, 2.05) is 35.0 Å². The van der Waals surface area contributed by atoms with Crippen molar-refractivity contribution in [1.82, 2.24) is 20.4 Å². The van der Waals surface area contributed by atoms with Crippen molar-refractivity contribution in [1.29, 1.82) is 0 Å². The van der Waals surface area contributed by atoms with Crippen LogP contribution in [-0.4, -0.2) is 21.9 Å². The lowest BCUT2D eigenvalue weighted by Gasteiger charge is -2.24. The smallest absolute Gasteiger partial charge is 0.315 e. The summed E-state index contributed by atoms with van der Waals surface area (Å²) in [4.78, 5) is 11.9. The van der Waals surface area contributed by atoms with Gasteiger partial charge in [-0.1, -0.05) is 23.7 Å². The molecule has 110 valence electrons. The Kier molecular flexibility index (Phi) is 4.10. The standard InChI is InChI=1S/C15H17ClN4O/c16-12-3-1-11(2-4-12)10-17-15(21)19-13-6-8-20-14(9-13)5-7-18-20/h1-5,7,13H,6,8-10H2,(H2,17,19,21)/t13-/m0/s1. The number of aromatic nitrogens is 2. The van der Waals surface area contributed by atoms with E-state index in [0.29, 0.717) is 11.6 Å². The number of carbonyl (C=O) groups excluding carboxylic acids is 1. The van der Waals surface area contributed by atoms with Crippen LogP contribution in [0.3, 0.4) is 0 Å². The Labute approximate surface area is 128 Å². The Morgan fingerprint density at radius 1 is 1.33 bits per heavy atom. The summed E-state index contributed by atoms with van der Waals surface area (Å²) in [6.45, 7) is 1.35. The lowest BCUT2D eigenvalue weighted by Crippen LogP contribution is -2.45. The molecule has 21 heavy (non-hydrogen) atoms. The van der Waals surface area contributed by atoms with Gasteiger partial charge in [0.25, 0.3) is 0 Å². The summed E-state index contributed by atoms with van der Waals surface area (Å²) in [7, 11) is 0. The van der Waals surface area contributed by atoms with Crippen LogP contribution in [0.5, 0.6) is 0 Å². The number of rotatable bonds is 3. The van der Waals surface area contributed by atoms with Crippen molar-refractivity contribution in [3.05, 3.63) is 52.8 Å². The molecule has 3 rings (SSSR count). The van der Waals surface area contributed by atoms with Gasteiger partial charge in [-0.05, 0) is 30.2 Å². The Balaban J connectivity index is 1.47. The fraction of sp³-hybridized carbons (Fsp3) is 0.333. The molecule has 1 aliphatic rings. The first-order chi connectivity index (χ1) is 10.2. The normalized spacial score (nSPS) is 17.1. The second-order valence-corrected chi connectivity index (χ2v) is 5.63. The van der Waals surface area contributed by atoms with Gasteiger partial charge in [-0.2, -0.15) is 5.10 Å². The molecule has 0 saturated carbocycles. The zero-order chi connectivity index (χ0) is 14.7. The summed E-state index contributed by atoms with van der Waals surface area (Å²) in [6.07, 6.45) is 3.54. The summed E-state index contributed by atoms with van der Waals surface area (Å²) in [6, 6.07) is 9.47. The molecule has 1 aliphatic heterocycles. The van der Waals surface area contributed by atoms with Crippen LogP contribution >= 0.6 is 11.6 Å². The molecule has 0 spiro atoms. The van der Waals surface area contributed by atoms with E-state index in [1.165, 1.54) is 5.69 Å². The minimum atomic E-state index is -0.136. The predicted octanol–water partition coefficient (Wildman–Crippen LogP) is 2.35. The summed E-state index contributed by atoms with van der Waals surface area (Å²) in [5.74, 6) is 0. The Morgan fingerprint density at radius 2 is 2.14 bits per heavy atom. The fourth-order valence-electron chi connectivity index (χ4n) is 2.51. The molecular formula is C15H17ClN4O. The number of amides is 2. The first-order valence-corrected chi connectivity index (χ1v) is 7.38. The molecule has 0 radical (unpaired) electrons. The fourth-order valence-corrected chi connectivity index (χ4v) is 2.64. The molecule has 0 unspecified atom stereocenters. The van der Waals surface area contributed by atoms with Crippen LogP contribution in [0.2, 0.25) is 5.02 Å². The third-order valence-corrected chi connectivity index (χ3v) is 3.90. The minimum Gasteiger partial charge on any atom is -0.335 e. The summed E-state index contributed by atoms with van der Waals surface area (Å²) >= 11 is 5.83. The van der Waals surface area contributed by atoms with Crippen molar-refractivity contribution in [2.75, 3.05) is 0 Å². The molecule has 1 atom stereocenters. The van der Waals surface area contributed by atoms with Crippen molar-refractivity contribution < 1.29 is 4.79 Å². The maximum Gasteiger partial charge on any atom is 0.315 e. The molecule has 0 saturated heterocycles. The minimum absolute atomic E-state index is 0.136. The van der Waals surface area contributed by atoms with Crippen molar-refractivity contribution >= 4 is 17.6 Å². The number of nitrogens with one attached hydrogen (secondary N) is 2. The molecule has 2 heterocycles. The molecule has 5 nitrogen and oxygen atoms in total. The second-order valence-electron chi connectivity index (χ2n) is 5.19. The van der Waals surface area contributed by atoms with Crippen LogP contribution in [0.4, 0.5) is 4.79 Å². The van der Waals surface area contributed by atoms with E-state index in [1.54, 1.807) is 6.20 Å². The van der Waals surface area contributed by atoms with Gasteiger partial charge < -0.3 is 10.6 Å². The largest absolute Gasteiger partial charge is 0.335 e. The Bertz CT molecular complexity index is 623. The SMILES string of the molecule is O=C(NCc1ccc(Cl)cc1)N[C@H]1CCn2nccc2C1. The number of urea groups is 1. The van der Waals surface area contributed by atoms with Gasteiger partial charge in [0.05, 0.1) is 0 Å². The third-order valence-electron chi connectivity index (χ3n) is 3.65. The van der Waals surface area contributed by atoms with Crippen LogP contribution < -0.4 is 10.6 Å². The number of halogens is 1. The number of fused-ring (bicyclic) bond motifs is 1. The quantitative estimate of drug-likeness (QED) is 0.914. The molecule has 2 N–H and O–H groups in total. The van der Waals surface area contributed by atoms with E-state index in [9.17, 15) is 4.79 Å². The van der Waals surface area contributed by atoms with Gasteiger partial charge in [0.15, 0.2) is 0 Å². The molecule has 0 bridgehead atoms. The predicted molar refractivity (Wildman–Crippen MR) is 81.2 cm³/mol. The molecular weight excluding hydrogens is 288 g/mol. The summed E-state index contributed by atoms with van der Waals surface area (Å²) < 4.78 is 1.99. The first-order valence-electron chi connectivity index (χ1n) is 7.00. The lowest BCUT2D eigenvalue weighted by atomic mass is 10.0. The van der Waals surface area contributed by atoms with Crippen LogP contribution in [0.1, 0.15) is 17.7 Å². The van der Waals surface area contributed by atoms with E-state index < -0.39 is 0 Å². The highest BCUT2D eigenvalue weighted by Gasteiger charge is 2.20. The maximum absolute atomic E-state index is 11.9. The highest BCUT2D eigenvalue weighted by molar-refractivity contribution is 6.30. The summed E-state index contributed by atoms with van der Waals surface area (Å²) in [5.41, 5.74) is 2.19. The van der Waals surface area contributed by atoms with Gasteiger partial charge in [-0.3, -0.25) is 4.68 Å². The Hall–Kier alpha value is -2.01. The average molecular weight is 305 g/mol. The van der Waals surface area contributed by atoms with Gasteiger partial charge in [0.1, 0.15) is 0 Å². The van der Waals surface area contributed by atoms with Crippen molar-refractivity contribution in [2.45, 2.75) is 32.0 Å². The first kappa shape index (κ1) is 13.9. The van der Waals surface area contributed by atoms with Crippen molar-refractivity contribution in [3.63, 3.8) is 0 Å². The monoisotopic (exact) mass is 304 g/mol. The zero-order valence-electron chi connectivity index (χ0n) is 11.6. The van der Waals surface area contributed by atoms with Gasteiger partial charge in [-0.25, -0.2) is 4.79 Å². The number of hydrogen-bond acceptors (Lipinski definition) is 2. The zero-order valence-corrected chi connectivity index (χ0v) is 12.3. The van der Waals surface area contributed by atoms with Gasteiger partial charge >= 0.3 is 6.03 Å². The summed E-state index contributed by atoms with van der Waals surface area (Å²) in [5, 5.41) is 10.8. The number of benzene rings is 1. The van der Waals surface area contributed by atoms with E-state index in [2.05, 4.69) is 15.7 Å². The van der Waals surface area contributed by atoms with Gasteiger partial charge in [0, 0.05) is 42.5 Å². The van der Waals surface area contributed by atoms with Crippen LogP contribution in [0, 0.1) is 0 Å². The molecule has 0 aliphatic carbocycles. The molecule has 1 aromatic heterocycles. The average Bonchev–Trinajstić information content (AvgIpc) is 2.94. The molecule has 6 heteroatoms. The third kappa shape index (κ3) is 3.55. The van der Waals surface area contributed by atoms with Crippen molar-refractivity contribution in [2.24, 2.45) is 0 Å². The molecule has 2 amide bonds. The highest BCUT2D eigenvalue weighted by atomic mass is 35.5. The highest BCUT2D eigenvalue weighted by Crippen LogP contribution is 2.13. The van der Waals surface area contributed by atoms with Crippen LogP contribution in [-0.2, 0) is 19.5 Å². The van der Waals surface area contributed by atoms with E-state index in [0.717, 1.165) is 24.9 Å². The number of hydrogen-bond donors (Lipinski definition) is 2. The van der Waals surface area contributed by atoms with E-state index in [4.69, 9.17) is 11.6 Å². The second kappa shape index (κ2) is 6.18. The van der Waals surface area contributed by atoms with Crippen LogP contribution in [0.25, 0.3) is 0 Å². The van der Waals surface area contributed by atoms with Gasteiger partial charge in [0.2, 0.25) is 0 Å². The Morgan fingerprint density at radius 3 is 2.95 bits per heavy atom. The number of aryl methyl sites for hydroxylation is 1. The van der Waals surface area contributed by atoms with Gasteiger partial charge in [-0.15, -0.1) is 0 Å². The van der Waals surface area contributed by atoms with Crippen molar-refractivity contribution in [3.8, 4) is 0 Å². The van der Waals surface area contributed by atoms with E-state index >= 15 is 0 Å². The molecule has 2 aromatic rings. The number of carbonyl (C=O) groups is 1. The van der Waals surface area contributed by atoms with E-state index in [-0.39, 0.29) is 12.1 Å². The lowest BCUT2D eigenvalue weighted by molar-refractivity contribution is 0.233. The van der Waals surface area contributed by atoms with Crippen LogP contribution in [0.15, 0.2) is 36.5 Å². The molecule has 0 fully saturated rings. The topological polar surface area (TPSA) is 59.0 Å². The molecule has 1 aromatic carbocycles. The number of nitrogens with zero attached hydrogens (tertiary/aromatic N) is 2. The maximum atomic E-state index is 11.9.